The van der Waals surface area contributed by atoms with Crippen LogP contribution in [-0.2, 0) is 9.47 Å². The number of halogens is 2. The van der Waals surface area contributed by atoms with Gasteiger partial charge in [-0.2, -0.15) is 8.78 Å². The van der Waals surface area contributed by atoms with E-state index in [4.69, 9.17) is 4.74 Å². The Morgan fingerprint density at radius 1 is 1.38 bits per heavy atom. The number of benzene rings is 1. The fourth-order valence-electron chi connectivity index (χ4n) is 2.68. The first-order valence-corrected chi connectivity index (χ1v) is 8.18. The molecule has 2 atom stereocenters. The van der Waals surface area contributed by atoms with Crippen LogP contribution in [-0.4, -0.2) is 38.4 Å². The number of amides is 2. The molecule has 7 heteroatoms. The molecule has 1 heterocycles. The van der Waals surface area contributed by atoms with Crippen LogP contribution in [0.15, 0.2) is 24.3 Å². The van der Waals surface area contributed by atoms with E-state index in [1.807, 2.05) is 31.2 Å². The Morgan fingerprint density at radius 3 is 2.83 bits per heavy atom. The quantitative estimate of drug-likeness (QED) is 0.749. The number of urea groups is 1. The van der Waals surface area contributed by atoms with E-state index < -0.39 is 6.61 Å². The molecule has 134 valence electrons. The predicted molar refractivity (Wildman–Crippen MR) is 86.0 cm³/mol. The standard InChI is InChI=1S/C17H24F2N2O3/c1-12-5-7-13(8-6-12)15-14(4-2-10-23-15)21-17(22)20-9-3-11-24-16(18)19/h5-8,14-16H,2-4,9-11H2,1H3,(H2,20,21,22). The SMILES string of the molecule is Cc1ccc(C2OCCCC2NC(=O)NCCCOC(F)F)cc1. The third-order valence-corrected chi connectivity index (χ3v) is 3.90. The summed E-state index contributed by atoms with van der Waals surface area (Å²) in [7, 11) is 0. The summed E-state index contributed by atoms with van der Waals surface area (Å²) in [6, 6.07) is 7.64. The van der Waals surface area contributed by atoms with E-state index in [2.05, 4.69) is 15.4 Å². The number of nitrogens with one attached hydrogen (secondary N) is 2. The van der Waals surface area contributed by atoms with Gasteiger partial charge >= 0.3 is 12.6 Å². The fourth-order valence-corrected chi connectivity index (χ4v) is 2.68. The highest BCUT2D eigenvalue weighted by Crippen LogP contribution is 2.28. The van der Waals surface area contributed by atoms with Crippen LogP contribution in [0.25, 0.3) is 0 Å². The molecule has 2 rings (SSSR count). The van der Waals surface area contributed by atoms with Gasteiger partial charge in [-0.05, 0) is 31.7 Å². The molecule has 5 nitrogen and oxygen atoms in total. The molecule has 2 N–H and O–H groups in total. The predicted octanol–water partition coefficient (Wildman–Crippen LogP) is 3.14. The molecule has 0 aromatic heterocycles. The second-order valence-electron chi connectivity index (χ2n) is 5.84. The monoisotopic (exact) mass is 342 g/mol. The number of aryl methyl sites for hydroxylation is 1. The Kier molecular flexibility index (Phi) is 7.39. The minimum absolute atomic E-state index is 0.0868. The summed E-state index contributed by atoms with van der Waals surface area (Å²) < 4.78 is 33.6. The van der Waals surface area contributed by atoms with Gasteiger partial charge < -0.3 is 20.1 Å². The largest absolute Gasteiger partial charge is 0.371 e. The number of alkyl halides is 2. The van der Waals surface area contributed by atoms with Crippen LogP contribution in [0.5, 0.6) is 0 Å². The summed E-state index contributed by atoms with van der Waals surface area (Å²) in [5.74, 6) is 0. The van der Waals surface area contributed by atoms with Gasteiger partial charge in [-0.1, -0.05) is 29.8 Å². The van der Waals surface area contributed by atoms with Gasteiger partial charge in [-0.15, -0.1) is 0 Å². The molecule has 1 aliphatic rings. The number of hydrogen-bond donors (Lipinski definition) is 2. The average molecular weight is 342 g/mol. The molecule has 1 aliphatic heterocycles. The molecule has 2 amide bonds. The molecule has 1 aromatic rings. The minimum Gasteiger partial charge on any atom is -0.371 e. The maximum atomic E-state index is 12.0. The Balaban J connectivity index is 1.80. The minimum atomic E-state index is -2.77. The number of ether oxygens (including phenoxy) is 2. The Bertz CT molecular complexity index is 511. The Hall–Kier alpha value is -1.73. The van der Waals surface area contributed by atoms with Crippen LogP contribution in [0.4, 0.5) is 13.6 Å². The molecule has 0 radical (unpaired) electrons. The summed E-state index contributed by atoms with van der Waals surface area (Å²) in [6.07, 6.45) is 1.88. The topological polar surface area (TPSA) is 59.6 Å². The lowest BCUT2D eigenvalue weighted by molar-refractivity contribution is -0.128. The van der Waals surface area contributed by atoms with Crippen molar-refractivity contribution in [3.05, 3.63) is 35.4 Å². The number of hydrogen-bond acceptors (Lipinski definition) is 3. The van der Waals surface area contributed by atoms with Crippen molar-refractivity contribution in [1.29, 1.82) is 0 Å². The van der Waals surface area contributed by atoms with Crippen LogP contribution in [0, 0.1) is 6.92 Å². The highest BCUT2D eigenvalue weighted by atomic mass is 19.3. The zero-order valence-electron chi connectivity index (χ0n) is 13.8. The van der Waals surface area contributed by atoms with E-state index in [0.717, 1.165) is 18.4 Å². The molecule has 0 bridgehead atoms. The summed E-state index contributed by atoms with van der Waals surface area (Å²) in [4.78, 5) is 12.0. The van der Waals surface area contributed by atoms with Crippen molar-refractivity contribution in [2.24, 2.45) is 0 Å². The lowest BCUT2D eigenvalue weighted by Gasteiger charge is -2.32. The van der Waals surface area contributed by atoms with E-state index in [9.17, 15) is 13.6 Å². The van der Waals surface area contributed by atoms with Gasteiger partial charge in [-0.25, -0.2) is 4.79 Å². The van der Waals surface area contributed by atoms with Crippen LogP contribution in [0.3, 0.4) is 0 Å². The molecular formula is C17H24F2N2O3. The third kappa shape index (κ3) is 6.05. The first kappa shape index (κ1) is 18.6. The normalized spacial score (nSPS) is 20.8. The van der Waals surface area contributed by atoms with Crippen molar-refractivity contribution in [1.82, 2.24) is 10.6 Å². The maximum Gasteiger partial charge on any atom is 0.345 e. The summed E-state index contributed by atoms with van der Waals surface area (Å²) in [5.41, 5.74) is 2.21. The molecule has 0 saturated carbocycles. The van der Waals surface area contributed by atoms with Crippen LogP contribution >= 0.6 is 0 Å². The van der Waals surface area contributed by atoms with Crippen molar-refractivity contribution in [2.75, 3.05) is 19.8 Å². The van der Waals surface area contributed by atoms with Crippen molar-refractivity contribution < 1.29 is 23.0 Å². The van der Waals surface area contributed by atoms with Gasteiger partial charge in [0.15, 0.2) is 0 Å². The zero-order chi connectivity index (χ0) is 17.4. The van der Waals surface area contributed by atoms with Crippen molar-refractivity contribution in [3.63, 3.8) is 0 Å². The molecule has 1 fully saturated rings. The van der Waals surface area contributed by atoms with Crippen LogP contribution in [0.2, 0.25) is 0 Å². The first-order valence-electron chi connectivity index (χ1n) is 8.18. The Labute approximate surface area is 140 Å². The lowest BCUT2D eigenvalue weighted by Crippen LogP contribution is -2.47. The molecule has 1 aromatic carbocycles. The highest BCUT2D eigenvalue weighted by molar-refractivity contribution is 5.74. The summed E-state index contributed by atoms with van der Waals surface area (Å²) in [5, 5.41) is 5.57. The van der Waals surface area contributed by atoms with E-state index in [1.54, 1.807) is 0 Å². The second kappa shape index (κ2) is 9.54. The molecule has 2 unspecified atom stereocenters. The van der Waals surface area contributed by atoms with Crippen LogP contribution in [0.1, 0.15) is 36.5 Å². The molecular weight excluding hydrogens is 318 g/mol. The van der Waals surface area contributed by atoms with Crippen LogP contribution < -0.4 is 10.6 Å². The van der Waals surface area contributed by atoms with E-state index >= 15 is 0 Å². The molecule has 1 saturated heterocycles. The summed E-state index contributed by atoms with van der Waals surface area (Å²) >= 11 is 0. The number of rotatable bonds is 7. The lowest BCUT2D eigenvalue weighted by atomic mass is 9.95. The highest BCUT2D eigenvalue weighted by Gasteiger charge is 2.28. The molecule has 0 aliphatic carbocycles. The van der Waals surface area contributed by atoms with Gasteiger partial charge in [0.2, 0.25) is 0 Å². The third-order valence-electron chi connectivity index (χ3n) is 3.90. The van der Waals surface area contributed by atoms with E-state index in [1.165, 1.54) is 5.56 Å². The van der Waals surface area contributed by atoms with Crippen molar-refractivity contribution >= 4 is 6.03 Å². The van der Waals surface area contributed by atoms with E-state index in [0.29, 0.717) is 13.0 Å². The van der Waals surface area contributed by atoms with E-state index in [-0.39, 0.29) is 31.3 Å². The average Bonchev–Trinajstić information content (AvgIpc) is 2.55. The smallest absolute Gasteiger partial charge is 0.345 e. The van der Waals surface area contributed by atoms with Gasteiger partial charge in [0.05, 0.1) is 12.6 Å². The van der Waals surface area contributed by atoms with Crippen molar-refractivity contribution in [3.8, 4) is 0 Å². The Morgan fingerprint density at radius 2 is 2.12 bits per heavy atom. The van der Waals surface area contributed by atoms with Gasteiger partial charge in [-0.3, -0.25) is 0 Å². The molecule has 0 spiro atoms. The summed E-state index contributed by atoms with van der Waals surface area (Å²) in [6.45, 7) is 0.113. The molecule has 24 heavy (non-hydrogen) atoms. The van der Waals surface area contributed by atoms with Crippen molar-refractivity contribution in [2.45, 2.75) is 44.9 Å². The maximum absolute atomic E-state index is 12.0. The van der Waals surface area contributed by atoms with Gasteiger partial charge in [0.1, 0.15) is 6.10 Å². The number of carbonyl (C=O) groups excluding carboxylic acids is 1. The second-order valence-corrected chi connectivity index (χ2v) is 5.84. The fraction of sp³-hybridized carbons (Fsp3) is 0.588. The number of carbonyl (C=O) groups is 1. The first-order chi connectivity index (χ1) is 11.6. The zero-order valence-corrected chi connectivity index (χ0v) is 13.8. The van der Waals surface area contributed by atoms with Gasteiger partial charge in [0, 0.05) is 13.2 Å². The van der Waals surface area contributed by atoms with Gasteiger partial charge in [0.25, 0.3) is 0 Å².